The monoisotopic (exact) mass is 490 g/mol. The number of thioether (sulfide) groups is 1. The standard InChI is InChI=1S/C24H21F3N2O4S/c1-32-17-9-6-15(7-10-17)18-12-16(8-11-21(18)33-24(26)27)28-22(30)13-34-14-23(31)29-20-5-3-2-4-19(20)25/h2-12,24H,13-14H2,1H3,(H,28,30)(H,29,31). The number of hydrogen-bond acceptors (Lipinski definition) is 5. The number of carbonyl (C=O) groups is 2. The molecule has 0 aliphatic heterocycles. The first kappa shape index (κ1) is 25.0. The average molecular weight is 491 g/mol. The van der Waals surface area contributed by atoms with E-state index >= 15 is 0 Å². The fraction of sp³-hybridized carbons (Fsp3) is 0.167. The highest BCUT2D eigenvalue weighted by Crippen LogP contribution is 2.34. The van der Waals surface area contributed by atoms with Crippen LogP contribution in [0.25, 0.3) is 11.1 Å². The molecule has 0 aliphatic rings. The van der Waals surface area contributed by atoms with E-state index in [0.717, 1.165) is 11.8 Å². The number of alkyl halides is 2. The van der Waals surface area contributed by atoms with Crippen LogP contribution < -0.4 is 20.1 Å². The number of ether oxygens (including phenoxy) is 2. The summed E-state index contributed by atoms with van der Waals surface area (Å²) in [5.41, 5.74) is 1.38. The van der Waals surface area contributed by atoms with Gasteiger partial charge >= 0.3 is 6.61 Å². The van der Waals surface area contributed by atoms with Crippen molar-refractivity contribution >= 4 is 35.0 Å². The largest absolute Gasteiger partial charge is 0.497 e. The van der Waals surface area contributed by atoms with Crippen LogP contribution in [0.15, 0.2) is 66.7 Å². The molecule has 34 heavy (non-hydrogen) atoms. The van der Waals surface area contributed by atoms with Crippen molar-refractivity contribution in [3.8, 4) is 22.6 Å². The van der Waals surface area contributed by atoms with Gasteiger partial charge < -0.3 is 20.1 Å². The van der Waals surface area contributed by atoms with E-state index in [2.05, 4.69) is 15.4 Å². The molecule has 6 nitrogen and oxygen atoms in total. The Bertz CT molecular complexity index is 1140. The van der Waals surface area contributed by atoms with E-state index in [1.165, 1.54) is 43.5 Å². The molecule has 0 radical (unpaired) electrons. The van der Waals surface area contributed by atoms with Crippen LogP contribution >= 0.6 is 11.8 Å². The smallest absolute Gasteiger partial charge is 0.387 e. The van der Waals surface area contributed by atoms with Crippen LogP contribution in [0, 0.1) is 5.82 Å². The topological polar surface area (TPSA) is 76.7 Å². The molecule has 0 spiro atoms. The van der Waals surface area contributed by atoms with Gasteiger partial charge in [0.1, 0.15) is 17.3 Å². The fourth-order valence-electron chi connectivity index (χ4n) is 2.99. The summed E-state index contributed by atoms with van der Waals surface area (Å²) in [6.45, 7) is -3.01. The predicted octanol–water partition coefficient (Wildman–Crippen LogP) is 5.41. The first-order valence-corrected chi connectivity index (χ1v) is 11.2. The number of carbonyl (C=O) groups excluding carboxylic acids is 2. The minimum absolute atomic E-state index is 0.0438. The van der Waals surface area contributed by atoms with E-state index in [4.69, 9.17) is 4.74 Å². The van der Waals surface area contributed by atoms with Crippen molar-refractivity contribution in [2.24, 2.45) is 0 Å². The van der Waals surface area contributed by atoms with E-state index in [9.17, 15) is 22.8 Å². The molecule has 3 aromatic rings. The quantitative estimate of drug-likeness (QED) is 0.397. The van der Waals surface area contributed by atoms with E-state index in [1.807, 2.05) is 0 Å². The maximum Gasteiger partial charge on any atom is 0.387 e. The molecule has 3 aromatic carbocycles. The van der Waals surface area contributed by atoms with Crippen molar-refractivity contribution < 1.29 is 32.2 Å². The van der Waals surface area contributed by atoms with Crippen molar-refractivity contribution in [2.45, 2.75) is 6.61 Å². The van der Waals surface area contributed by atoms with E-state index < -0.39 is 24.2 Å². The molecule has 0 fully saturated rings. The van der Waals surface area contributed by atoms with Crippen LogP contribution in [-0.2, 0) is 9.59 Å². The Morgan fingerprint density at radius 1 is 0.941 bits per heavy atom. The summed E-state index contributed by atoms with van der Waals surface area (Å²) < 4.78 is 49.0. The highest BCUT2D eigenvalue weighted by Gasteiger charge is 2.14. The summed E-state index contributed by atoms with van der Waals surface area (Å²) in [5, 5.41) is 5.11. The van der Waals surface area contributed by atoms with Gasteiger partial charge in [-0.3, -0.25) is 9.59 Å². The molecule has 0 unspecified atom stereocenters. The van der Waals surface area contributed by atoms with Gasteiger partial charge in [0, 0.05) is 11.3 Å². The van der Waals surface area contributed by atoms with Crippen molar-refractivity contribution in [1.82, 2.24) is 0 Å². The molecule has 0 bridgehead atoms. The third-order valence-corrected chi connectivity index (χ3v) is 5.43. The number of benzene rings is 3. The first-order chi connectivity index (χ1) is 16.4. The van der Waals surface area contributed by atoms with Gasteiger partial charge in [0.05, 0.1) is 24.3 Å². The molecule has 178 valence electrons. The zero-order valence-corrected chi connectivity index (χ0v) is 18.8. The van der Waals surface area contributed by atoms with Crippen molar-refractivity contribution in [1.29, 1.82) is 0 Å². The summed E-state index contributed by atoms with van der Waals surface area (Å²) in [5.74, 6) is -0.939. The Balaban J connectivity index is 1.61. The van der Waals surface area contributed by atoms with Gasteiger partial charge in [-0.2, -0.15) is 8.78 Å². The molecule has 0 saturated carbocycles. The Morgan fingerprint density at radius 3 is 2.26 bits per heavy atom. The number of nitrogens with one attached hydrogen (secondary N) is 2. The lowest BCUT2D eigenvalue weighted by molar-refractivity contribution is -0.114. The zero-order chi connectivity index (χ0) is 24.5. The SMILES string of the molecule is COc1ccc(-c2cc(NC(=O)CSCC(=O)Nc3ccccc3F)ccc2OC(F)F)cc1. The van der Waals surface area contributed by atoms with Crippen LogP contribution in [-0.4, -0.2) is 37.0 Å². The lowest BCUT2D eigenvalue weighted by Gasteiger charge is -2.14. The van der Waals surface area contributed by atoms with Gasteiger partial charge in [-0.15, -0.1) is 11.8 Å². The molecular formula is C24H21F3N2O4S. The molecule has 0 aliphatic carbocycles. The molecule has 0 saturated heterocycles. The molecule has 2 N–H and O–H groups in total. The van der Waals surface area contributed by atoms with Crippen LogP contribution in [0.1, 0.15) is 0 Å². The molecule has 10 heteroatoms. The highest BCUT2D eigenvalue weighted by molar-refractivity contribution is 8.00. The van der Waals surface area contributed by atoms with Crippen molar-refractivity contribution in [3.05, 3.63) is 72.5 Å². The normalized spacial score (nSPS) is 10.6. The van der Waals surface area contributed by atoms with Gasteiger partial charge in [-0.1, -0.05) is 24.3 Å². The minimum atomic E-state index is -3.01. The summed E-state index contributed by atoms with van der Waals surface area (Å²) in [7, 11) is 1.51. The summed E-state index contributed by atoms with van der Waals surface area (Å²) in [4.78, 5) is 24.3. The summed E-state index contributed by atoms with van der Waals surface area (Å²) >= 11 is 1.05. The van der Waals surface area contributed by atoms with Crippen LogP contribution in [0.4, 0.5) is 24.5 Å². The van der Waals surface area contributed by atoms with Gasteiger partial charge in [0.25, 0.3) is 0 Å². The molecule has 0 aromatic heterocycles. The average Bonchev–Trinajstić information content (AvgIpc) is 2.81. The van der Waals surface area contributed by atoms with Crippen molar-refractivity contribution in [3.63, 3.8) is 0 Å². The van der Waals surface area contributed by atoms with Crippen LogP contribution in [0.2, 0.25) is 0 Å². The third kappa shape index (κ3) is 7.17. The van der Waals surface area contributed by atoms with Gasteiger partial charge in [-0.25, -0.2) is 4.39 Å². The lowest BCUT2D eigenvalue weighted by Crippen LogP contribution is -2.19. The van der Waals surface area contributed by atoms with E-state index in [1.54, 1.807) is 30.3 Å². The summed E-state index contributed by atoms with van der Waals surface area (Å²) in [6, 6.07) is 16.8. The number of amides is 2. The molecule has 0 heterocycles. The summed E-state index contributed by atoms with van der Waals surface area (Å²) in [6.07, 6.45) is 0. The van der Waals surface area contributed by atoms with Gasteiger partial charge in [0.2, 0.25) is 11.8 Å². The fourth-order valence-corrected chi connectivity index (χ4v) is 3.60. The number of hydrogen-bond donors (Lipinski definition) is 2. The molecule has 2 amide bonds. The third-order valence-electron chi connectivity index (χ3n) is 4.49. The Hall–Kier alpha value is -3.66. The number of para-hydroxylation sites is 1. The first-order valence-electron chi connectivity index (χ1n) is 10.0. The minimum Gasteiger partial charge on any atom is -0.497 e. The Morgan fingerprint density at radius 2 is 1.62 bits per heavy atom. The maximum absolute atomic E-state index is 13.6. The highest BCUT2D eigenvalue weighted by atomic mass is 32.2. The zero-order valence-electron chi connectivity index (χ0n) is 18.0. The predicted molar refractivity (Wildman–Crippen MR) is 126 cm³/mol. The number of rotatable bonds is 10. The van der Waals surface area contributed by atoms with E-state index in [0.29, 0.717) is 22.6 Å². The Kier molecular flexibility index (Phi) is 8.80. The van der Waals surface area contributed by atoms with E-state index in [-0.39, 0.29) is 22.9 Å². The van der Waals surface area contributed by atoms with Crippen LogP contribution in [0.5, 0.6) is 11.5 Å². The Labute approximate surface area is 198 Å². The second kappa shape index (κ2) is 12.0. The molecule has 0 atom stereocenters. The lowest BCUT2D eigenvalue weighted by atomic mass is 10.0. The van der Waals surface area contributed by atoms with Crippen LogP contribution in [0.3, 0.4) is 0 Å². The second-order valence-corrected chi connectivity index (χ2v) is 7.87. The number of anilines is 2. The maximum atomic E-state index is 13.6. The van der Waals surface area contributed by atoms with Crippen molar-refractivity contribution in [2.75, 3.05) is 29.2 Å². The second-order valence-electron chi connectivity index (χ2n) is 6.89. The van der Waals surface area contributed by atoms with Gasteiger partial charge in [0.15, 0.2) is 0 Å². The molecular weight excluding hydrogens is 469 g/mol. The van der Waals surface area contributed by atoms with Gasteiger partial charge in [-0.05, 0) is 48.0 Å². The number of halogens is 3. The number of methoxy groups -OCH3 is 1. The molecule has 3 rings (SSSR count).